The number of hydrogen-bond acceptors (Lipinski definition) is 2. The summed E-state index contributed by atoms with van der Waals surface area (Å²) in [6.45, 7) is 2.72. The summed E-state index contributed by atoms with van der Waals surface area (Å²) in [4.78, 5) is 11.9. The van der Waals surface area contributed by atoms with E-state index < -0.39 is 0 Å². The zero-order valence-electron chi connectivity index (χ0n) is 9.59. The van der Waals surface area contributed by atoms with Gasteiger partial charge in [-0.1, -0.05) is 19.1 Å². The number of halogens is 1. The van der Waals surface area contributed by atoms with Crippen LogP contribution in [0.4, 0.5) is 5.69 Å². The van der Waals surface area contributed by atoms with Gasteiger partial charge in [0.1, 0.15) is 0 Å². The van der Waals surface area contributed by atoms with Crippen molar-refractivity contribution in [3.05, 3.63) is 28.7 Å². The molecule has 1 amide bonds. The van der Waals surface area contributed by atoms with Gasteiger partial charge in [0.2, 0.25) is 5.91 Å². The lowest BCUT2D eigenvalue weighted by atomic mass is 10.1. The van der Waals surface area contributed by atoms with Crippen molar-refractivity contribution in [1.82, 2.24) is 5.32 Å². The number of carbonyl (C=O) groups is 1. The summed E-state index contributed by atoms with van der Waals surface area (Å²) >= 11 is 3.40. The summed E-state index contributed by atoms with van der Waals surface area (Å²) < 4.78 is 0.905. The van der Waals surface area contributed by atoms with E-state index in [0.717, 1.165) is 16.6 Å². The smallest absolute Gasteiger partial charge is 0.228 e. The van der Waals surface area contributed by atoms with E-state index in [1.165, 1.54) is 0 Å². The zero-order chi connectivity index (χ0) is 12.0. The first kappa shape index (κ1) is 13.2. The van der Waals surface area contributed by atoms with Crippen LogP contribution in [0.5, 0.6) is 0 Å². The topological polar surface area (TPSA) is 41.1 Å². The molecule has 1 unspecified atom stereocenters. The largest absolute Gasteiger partial charge is 0.325 e. The molecule has 0 heterocycles. The minimum atomic E-state index is 0.0112. The van der Waals surface area contributed by atoms with Crippen LogP contribution in [-0.4, -0.2) is 19.5 Å². The maximum absolute atomic E-state index is 11.9. The monoisotopic (exact) mass is 284 g/mol. The summed E-state index contributed by atoms with van der Waals surface area (Å²) in [5.74, 6) is 0.0702. The van der Waals surface area contributed by atoms with Gasteiger partial charge in [0.25, 0.3) is 0 Å². The first-order chi connectivity index (χ1) is 7.69. The predicted octanol–water partition coefficient (Wildman–Crippen LogP) is 2.63. The van der Waals surface area contributed by atoms with Gasteiger partial charge >= 0.3 is 0 Å². The molecule has 0 radical (unpaired) electrons. The molecule has 1 aromatic rings. The first-order valence-corrected chi connectivity index (χ1v) is 6.18. The number of para-hydroxylation sites is 1. The van der Waals surface area contributed by atoms with E-state index in [0.29, 0.717) is 6.54 Å². The van der Waals surface area contributed by atoms with Gasteiger partial charge in [-0.15, -0.1) is 0 Å². The molecule has 0 aliphatic heterocycles. The maximum atomic E-state index is 11.9. The Morgan fingerprint density at radius 2 is 2.12 bits per heavy atom. The Balaban J connectivity index is 2.66. The molecule has 88 valence electrons. The molecule has 1 rings (SSSR count). The molecular formula is C12H17BrN2O. The summed E-state index contributed by atoms with van der Waals surface area (Å²) in [5, 5.41) is 5.95. The molecule has 1 aromatic carbocycles. The summed E-state index contributed by atoms with van der Waals surface area (Å²) in [6.07, 6.45) is 0.830. The Hall–Kier alpha value is -0.870. The van der Waals surface area contributed by atoms with Gasteiger partial charge < -0.3 is 10.6 Å². The molecule has 2 N–H and O–H groups in total. The van der Waals surface area contributed by atoms with E-state index in [2.05, 4.69) is 26.6 Å². The Labute approximate surface area is 105 Å². The van der Waals surface area contributed by atoms with Crippen LogP contribution in [0, 0.1) is 5.92 Å². The third-order valence-electron chi connectivity index (χ3n) is 2.45. The number of nitrogens with one attached hydrogen (secondary N) is 2. The minimum absolute atomic E-state index is 0.0112. The number of amides is 1. The van der Waals surface area contributed by atoms with E-state index in [1.807, 2.05) is 38.2 Å². The van der Waals surface area contributed by atoms with Crippen molar-refractivity contribution < 1.29 is 4.79 Å². The third-order valence-corrected chi connectivity index (χ3v) is 3.14. The number of hydrogen-bond donors (Lipinski definition) is 2. The molecule has 0 aromatic heterocycles. The molecule has 0 saturated carbocycles. The average Bonchev–Trinajstić information content (AvgIpc) is 2.29. The number of anilines is 1. The normalized spacial score (nSPS) is 12.2. The fourth-order valence-electron chi connectivity index (χ4n) is 1.47. The lowest BCUT2D eigenvalue weighted by Gasteiger charge is -2.15. The van der Waals surface area contributed by atoms with Crippen molar-refractivity contribution in [3.63, 3.8) is 0 Å². The molecule has 3 nitrogen and oxygen atoms in total. The fourth-order valence-corrected chi connectivity index (χ4v) is 1.85. The van der Waals surface area contributed by atoms with E-state index in [-0.39, 0.29) is 11.8 Å². The second-order valence-corrected chi connectivity index (χ2v) is 4.49. The van der Waals surface area contributed by atoms with Crippen LogP contribution in [-0.2, 0) is 4.79 Å². The van der Waals surface area contributed by atoms with Crippen molar-refractivity contribution >= 4 is 27.5 Å². The van der Waals surface area contributed by atoms with Gasteiger partial charge in [0.05, 0.1) is 11.6 Å². The Kier molecular flexibility index (Phi) is 5.49. The van der Waals surface area contributed by atoms with Crippen LogP contribution in [0.25, 0.3) is 0 Å². The third kappa shape index (κ3) is 3.61. The van der Waals surface area contributed by atoms with E-state index in [9.17, 15) is 4.79 Å². The van der Waals surface area contributed by atoms with Gasteiger partial charge in [-0.2, -0.15) is 0 Å². The second kappa shape index (κ2) is 6.66. The molecule has 0 aliphatic carbocycles. The molecule has 0 spiro atoms. The van der Waals surface area contributed by atoms with Crippen molar-refractivity contribution in [3.8, 4) is 0 Å². The van der Waals surface area contributed by atoms with Crippen LogP contribution < -0.4 is 10.6 Å². The van der Waals surface area contributed by atoms with Crippen molar-refractivity contribution in [2.75, 3.05) is 18.9 Å². The molecule has 0 fully saturated rings. The van der Waals surface area contributed by atoms with E-state index in [4.69, 9.17) is 0 Å². The maximum Gasteiger partial charge on any atom is 0.228 e. The molecule has 16 heavy (non-hydrogen) atoms. The van der Waals surface area contributed by atoms with Crippen molar-refractivity contribution in [2.45, 2.75) is 13.3 Å². The highest BCUT2D eigenvalue weighted by Gasteiger charge is 2.15. The van der Waals surface area contributed by atoms with Crippen molar-refractivity contribution in [1.29, 1.82) is 0 Å². The standard InChI is InChI=1S/C12H17BrN2O/c1-3-9(8-14-2)12(16)15-11-7-5-4-6-10(11)13/h4-7,9,14H,3,8H2,1-2H3,(H,15,16). The van der Waals surface area contributed by atoms with Crippen LogP contribution in [0.1, 0.15) is 13.3 Å². The molecule has 0 bridgehead atoms. The highest BCUT2D eigenvalue weighted by atomic mass is 79.9. The van der Waals surface area contributed by atoms with Gasteiger partial charge in [-0.25, -0.2) is 0 Å². The molecule has 0 saturated heterocycles. The first-order valence-electron chi connectivity index (χ1n) is 5.39. The fraction of sp³-hybridized carbons (Fsp3) is 0.417. The summed E-state index contributed by atoms with van der Waals surface area (Å²) in [6, 6.07) is 7.62. The van der Waals surface area contributed by atoms with Crippen LogP contribution in [0.2, 0.25) is 0 Å². The van der Waals surface area contributed by atoms with Crippen molar-refractivity contribution in [2.24, 2.45) is 5.92 Å². The van der Waals surface area contributed by atoms with Gasteiger partial charge in [0, 0.05) is 11.0 Å². The Bertz CT molecular complexity index is 355. The van der Waals surface area contributed by atoms with Crippen LogP contribution >= 0.6 is 15.9 Å². The lowest BCUT2D eigenvalue weighted by Crippen LogP contribution is -2.30. The number of rotatable bonds is 5. The number of carbonyl (C=O) groups excluding carboxylic acids is 1. The zero-order valence-corrected chi connectivity index (χ0v) is 11.2. The highest BCUT2D eigenvalue weighted by Crippen LogP contribution is 2.22. The van der Waals surface area contributed by atoms with Crippen LogP contribution in [0.15, 0.2) is 28.7 Å². The van der Waals surface area contributed by atoms with Crippen LogP contribution in [0.3, 0.4) is 0 Å². The lowest BCUT2D eigenvalue weighted by molar-refractivity contribution is -0.119. The Morgan fingerprint density at radius 1 is 1.44 bits per heavy atom. The Morgan fingerprint density at radius 3 is 2.69 bits per heavy atom. The molecule has 4 heteroatoms. The highest BCUT2D eigenvalue weighted by molar-refractivity contribution is 9.10. The predicted molar refractivity (Wildman–Crippen MR) is 70.5 cm³/mol. The number of benzene rings is 1. The minimum Gasteiger partial charge on any atom is -0.325 e. The quantitative estimate of drug-likeness (QED) is 0.873. The average molecular weight is 285 g/mol. The van der Waals surface area contributed by atoms with E-state index in [1.54, 1.807) is 0 Å². The molecule has 0 aliphatic rings. The van der Waals surface area contributed by atoms with E-state index >= 15 is 0 Å². The van der Waals surface area contributed by atoms with Gasteiger partial charge in [0.15, 0.2) is 0 Å². The summed E-state index contributed by atoms with van der Waals surface area (Å²) in [5.41, 5.74) is 0.821. The SMILES string of the molecule is CCC(CNC)C(=O)Nc1ccccc1Br. The summed E-state index contributed by atoms with van der Waals surface area (Å²) in [7, 11) is 1.86. The van der Waals surface area contributed by atoms with Gasteiger partial charge in [-0.05, 0) is 41.5 Å². The molecule has 1 atom stereocenters. The second-order valence-electron chi connectivity index (χ2n) is 3.63. The molecular weight excluding hydrogens is 268 g/mol. The van der Waals surface area contributed by atoms with Gasteiger partial charge in [-0.3, -0.25) is 4.79 Å².